The number of piperazine rings is 1. The molecule has 22 heavy (non-hydrogen) atoms. The number of benzene rings is 1. The summed E-state index contributed by atoms with van der Waals surface area (Å²) < 4.78 is 0. The third kappa shape index (κ3) is 7.09. The van der Waals surface area contributed by atoms with E-state index in [-0.39, 0.29) is 36.6 Å². The number of anilines is 2. The van der Waals surface area contributed by atoms with Crippen molar-refractivity contribution >= 4 is 48.0 Å². The molecule has 1 aromatic rings. The van der Waals surface area contributed by atoms with E-state index >= 15 is 0 Å². The monoisotopic (exact) mass is 348 g/mol. The molecule has 1 saturated heterocycles. The van der Waals surface area contributed by atoms with Crippen molar-refractivity contribution < 1.29 is 9.59 Å². The van der Waals surface area contributed by atoms with E-state index in [4.69, 9.17) is 0 Å². The fraction of sp³-hybridized carbons (Fsp3) is 0.429. The van der Waals surface area contributed by atoms with Crippen LogP contribution in [-0.4, -0.2) is 49.4 Å². The first-order valence-electron chi connectivity index (χ1n) is 6.74. The van der Waals surface area contributed by atoms with Gasteiger partial charge < -0.3 is 16.0 Å². The maximum Gasteiger partial charge on any atom is 0.238 e. The van der Waals surface area contributed by atoms with E-state index in [0.717, 1.165) is 37.6 Å². The zero-order chi connectivity index (χ0) is 14.4. The Kier molecular flexibility index (Phi) is 9.76. The Morgan fingerprint density at radius 3 is 2.05 bits per heavy atom. The Balaban J connectivity index is 0.00000220. The minimum Gasteiger partial charge on any atom is -0.326 e. The van der Waals surface area contributed by atoms with Gasteiger partial charge in [-0.1, -0.05) is 0 Å². The Morgan fingerprint density at radius 2 is 1.55 bits per heavy atom. The lowest BCUT2D eigenvalue weighted by molar-refractivity contribution is -0.117. The summed E-state index contributed by atoms with van der Waals surface area (Å²) >= 11 is 0. The number of hydrogen-bond acceptors (Lipinski definition) is 4. The average Bonchev–Trinajstić information content (AvgIpc) is 2.41. The number of nitrogens with zero attached hydrogens (tertiary/aromatic N) is 1. The maximum atomic E-state index is 11.9. The van der Waals surface area contributed by atoms with Gasteiger partial charge in [0.1, 0.15) is 0 Å². The van der Waals surface area contributed by atoms with Gasteiger partial charge in [0.15, 0.2) is 0 Å². The van der Waals surface area contributed by atoms with Crippen LogP contribution in [0.2, 0.25) is 0 Å². The topological polar surface area (TPSA) is 73.5 Å². The van der Waals surface area contributed by atoms with Gasteiger partial charge in [0, 0.05) is 44.5 Å². The lowest BCUT2D eigenvalue weighted by Crippen LogP contribution is -2.46. The molecular weight excluding hydrogens is 327 g/mol. The van der Waals surface area contributed by atoms with Crippen molar-refractivity contribution in [1.82, 2.24) is 10.2 Å². The third-order valence-corrected chi connectivity index (χ3v) is 3.07. The summed E-state index contributed by atoms with van der Waals surface area (Å²) in [7, 11) is 0. The van der Waals surface area contributed by atoms with E-state index in [0.29, 0.717) is 6.54 Å². The number of rotatable bonds is 4. The van der Waals surface area contributed by atoms with E-state index in [1.165, 1.54) is 6.92 Å². The maximum absolute atomic E-state index is 11.9. The highest BCUT2D eigenvalue weighted by atomic mass is 35.5. The molecule has 0 atom stereocenters. The van der Waals surface area contributed by atoms with Crippen LogP contribution in [0.3, 0.4) is 0 Å². The molecule has 1 fully saturated rings. The van der Waals surface area contributed by atoms with Crippen molar-refractivity contribution in [1.29, 1.82) is 0 Å². The first-order chi connectivity index (χ1) is 9.63. The second-order valence-corrected chi connectivity index (χ2v) is 4.83. The highest BCUT2D eigenvalue weighted by Gasteiger charge is 2.13. The van der Waals surface area contributed by atoms with Crippen molar-refractivity contribution in [2.24, 2.45) is 0 Å². The minimum absolute atomic E-state index is 0. The number of hydrogen-bond donors (Lipinski definition) is 3. The Labute approximate surface area is 142 Å². The molecule has 0 unspecified atom stereocenters. The largest absolute Gasteiger partial charge is 0.326 e. The molecule has 0 spiro atoms. The van der Waals surface area contributed by atoms with Crippen LogP contribution >= 0.6 is 24.8 Å². The van der Waals surface area contributed by atoms with E-state index in [1.54, 1.807) is 24.3 Å². The lowest BCUT2D eigenvalue weighted by atomic mass is 10.2. The first-order valence-corrected chi connectivity index (χ1v) is 6.74. The van der Waals surface area contributed by atoms with Crippen LogP contribution < -0.4 is 16.0 Å². The summed E-state index contributed by atoms with van der Waals surface area (Å²) in [6.07, 6.45) is 0. The summed E-state index contributed by atoms with van der Waals surface area (Å²) in [5.41, 5.74) is 1.46. The van der Waals surface area contributed by atoms with E-state index in [2.05, 4.69) is 20.9 Å². The third-order valence-electron chi connectivity index (χ3n) is 3.07. The predicted molar refractivity (Wildman–Crippen MR) is 93.2 cm³/mol. The molecule has 0 radical (unpaired) electrons. The van der Waals surface area contributed by atoms with Crippen LogP contribution in [-0.2, 0) is 9.59 Å². The van der Waals surface area contributed by atoms with Crippen LogP contribution in [0.5, 0.6) is 0 Å². The quantitative estimate of drug-likeness (QED) is 0.767. The van der Waals surface area contributed by atoms with Crippen molar-refractivity contribution in [2.75, 3.05) is 43.4 Å². The van der Waals surface area contributed by atoms with Gasteiger partial charge in [-0.2, -0.15) is 0 Å². The fourth-order valence-corrected chi connectivity index (χ4v) is 2.11. The number of carbonyl (C=O) groups is 2. The molecule has 1 aliphatic heterocycles. The van der Waals surface area contributed by atoms with Gasteiger partial charge in [-0.3, -0.25) is 14.5 Å². The summed E-state index contributed by atoms with van der Waals surface area (Å²) in [4.78, 5) is 24.9. The zero-order valence-electron chi connectivity index (χ0n) is 12.4. The van der Waals surface area contributed by atoms with Crippen LogP contribution in [0.25, 0.3) is 0 Å². The molecule has 6 nitrogen and oxygen atoms in total. The van der Waals surface area contributed by atoms with Crippen LogP contribution in [0.15, 0.2) is 24.3 Å². The molecular formula is C14H22Cl2N4O2. The SMILES string of the molecule is CC(=O)Nc1ccc(NC(=O)CN2CCNCC2)cc1.Cl.Cl. The minimum atomic E-state index is -0.111. The van der Waals surface area contributed by atoms with Gasteiger partial charge in [-0.05, 0) is 24.3 Å². The molecule has 0 aliphatic carbocycles. The summed E-state index contributed by atoms with van der Waals surface area (Å²) in [6, 6.07) is 7.09. The van der Waals surface area contributed by atoms with Crippen molar-refractivity contribution in [2.45, 2.75) is 6.92 Å². The fourth-order valence-electron chi connectivity index (χ4n) is 2.11. The van der Waals surface area contributed by atoms with Gasteiger partial charge in [0.2, 0.25) is 11.8 Å². The van der Waals surface area contributed by atoms with E-state index in [9.17, 15) is 9.59 Å². The standard InChI is InChI=1S/C14H20N4O2.2ClH/c1-11(19)16-12-2-4-13(5-3-12)17-14(20)10-18-8-6-15-7-9-18;;/h2-5,15H,6-10H2,1H3,(H,16,19)(H,17,20);2*1H. The lowest BCUT2D eigenvalue weighted by Gasteiger charge is -2.26. The summed E-state index contributed by atoms with van der Waals surface area (Å²) in [5, 5.41) is 8.79. The number of amides is 2. The molecule has 3 N–H and O–H groups in total. The number of halogens is 2. The van der Waals surface area contributed by atoms with E-state index in [1.807, 2.05) is 0 Å². The van der Waals surface area contributed by atoms with Gasteiger partial charge >= 0.3 is 0 Å². The molecule has 0 saturated carbocycles. The second-order valence-electron chi connectivity index (χ2n) is 4.83. The summed E-state index contributed by atoms with van der Waals surface area (Å²) in [6.45, 7) is 5.53. The van der Waals surface area contributed by atoms with Crippen molar-refractivity contribution in [3.63, 3.8) is 0 Å². The average molecular weight is 349 g/mol. The highest BCUT2D eigenvalue weighted by molar-refractivity contribution is 5.93. The van der Waals surface area contributed by atoms with Crippen LogP contribution in [0, 0.1) is 0 Å². The molecule has 1 aliphatic rings. The van der Waals surface area contributed by atoms with E-state index < -0.39 is 0 Å². The molecule has 124 valence electrons. The Morgan fingerprint density at radius 1 is 1.05 bits per heavy atom. The van der Waals surface area contributed by atoms with Crippen LogP contribution in [0.1, 0.15) is 6.92 Å². The van der Waals surface area contributed by atoms with Gasteiger partial charge in [0.25, 0.3) is 0 Å². The Hall–Kier alpha value is -1.34. The van der Waals surface area contributed by atoms with Gasteiger partial charge in [-0.15, -0.1) is 24.8 Å². The second kappa shape index (κ2) is 10.4. The summed E-state index contributed by atoms with van der Waals surface area (Å²) in [5.74, 6) is -0.125. The molecule has 1 heterocycles. The molecule has 0 bridgehead atoms. The van der Waals surface area contributed by atoms with Crippen molar-refractivity contribution in [3.05, 3.63) is 24.3 Å². The smallest absolute Gasteiger partial charge is 0.238 e. The molecule has 8 heteroatoms. The normalized spacial score (nSPS) is 14.2. The zero-order valence-corrected chi connectivity index (χ0v) is 14.1. The molecule has 2 rings (SSSR count). The van der Waals surface area contributed by atoms with Gasteiger partial charge in [-0.25, -0.2) is 0 Å². The number of nitrogens with one attached hydrogen (secondary N) is 3. The first kappa shape index (κ1) is 20.7. The van der Waals surface area contributed by atoms with Crippen LogP contribution in [0.4, 0.5) is 11.4 Å². The van der Waals surface area contributed by atoms with Gasteiger partial charge in [0.05, 0.1) is 6.54 Å². The molecule has 0 aromatic heterocycles. The highest BCUT2D eigenvalue weighted by Crippen LogP contribution is 2.13. The Bertz CT molecular complexity index is 476. The molecule has 1 aromatic carbocycles. The predicted octanol–water partition coefficient (Wildman–Crippen LogP) is 1.33. The van der Waals surface area contributed by atoms with Crippen molar-refractivity contribution in [3.8, 4) is 0 Å². The number of carbonyl (C=O) groups excluding carboxylic acids is 2. The molecule has 2 amide bonds.